The van der Waals surface area contributed by atoms with E-state index in [1.54, 1.807) is 12.1 Å². The Morgan fingerprint density at radius 1 is 0.395 bits per heavy atom. The van der Waals surface area contributed by atoms with Crippen LogP contribution in [0.4, 0.5) is 4.39 Å². The minimum Gasteiger partial charge on any atom is -0.207 e. The molecule has 0 saturated carbocycles. The van der Waals surface area contributed by atoms with Crippen molar-refractivity contribution in [1.29, 1.82) is 0 Å². The summed E-state index contributed by atoms with van der Waals surface area (Å²) in [7, 11) is 0. The lowest BCUT2D eigenvalue weighted by molar-refractivity contribution is 0.628. The van der Waals surface area contributed by atoms with Crippen molar-refractivity contribution in [3.63, 3.8) is 0 Å². The van der Waals surface area contributed by atoms with Crippen LogP contribution >= 0.6 is 11.8 Å². The van der Waals surface area contributed by atoms with Crippen molar-refractivity contribution < 1.29 is 4.39 Å². The average molecular weight is 505 g/mol. The molecule has 0 bridgehead atoms. The van der Waals surface area contributed by atoms with E-state index in [2.05, 4.69) is 103 Å². The normalized spacial score (nSPS) is 12.2. The molecule has 0 atom stereocenters. The Bertz CT molecular complexity index is 2000. The Kier molecular flexibility index (Phi) is 4.74. The van der Waals surface area contributed by atoms with E-state index >= 15 is 0 Å². The second-order valence-electron chi connectivity index (χ2n) is 9.79. The smallest absolute Gasteiger partial charge is 0.123 e. The quantitative estimate of drug-likeness (QED) is 0.211. The van der Waals surface area contributed by atoms with E-state index in [-0.39, 0.29) is 5.82 Å². The third kappa shape index (κ3) is 3.11. The minimum atomic E-state index is -0.220. The van der Waals surface area contributed by atoms with Crippen LogP contribution in [0.2, 0.25) is 0 Å². The van der Waals surface area contributed by atoms with E-state index in [9.17, 15) is 4.39 Å². The summed E-state index contributed by atoms with van der Waals surface area (Å²) in [6, 6.07) is 44.1. The predicted octanol–water partition coefficient (Wildman–Crippen LogP) is 10.8. The predicted molar refractivity (Wildman–Crippen MR) is 159 cm³/mol. The van der Waals surface area contributed by atoms with Crippen molar-refractivity contribution >= 4 is 44.1 Å². The van der Waals surface area contributed by atoms with Gasteiger partial charge < -0.3 is 0 Å². The van der Waals surface area contributed by atoms with Crippen LogP contribution in [-0.2, 0) is 0 Å². The molecule has 0 saturated heterocycles. The van der Waals surface area contributed by atoms with E-state index in [0.29, 0.717) is 0 Å². The zero-order valence-electron chi connectivity index (χ0n) is 20.4. The summed E-state index contributed by atoms with van der Waals surface area (Å²) < 4.78 is 13.9. The van der Waals surface area contributed by atoms with Gasteiger partial charge in [-0.1, -0.05) is 115 Å². The fourth-order valence-electron chi connectivity index (χ4n) is 6.14. The van der Waals surface area contributed by atoms with Crippen LogP contribution in [0.3, 0.4) is 0 Å². The Labute approximate surface area is 224 Å². The highest BCUT2D eigenvalue weighted by atomic mass is 32.2. The van der Waals surface area contributed by atoms with Gasteiger partial charge in [0, 0.05) is 15.2 Å². The first-order valence-corrected chi connectivity index (χ1v) is 13.6. The maximum absolute atomic E-state index is 13.9. The molecule has 2 heteroatoms. The Hall–Kier alpha value is -4.40. The fraction of sp³-hybridized carbons (Fsp3) is 0. The van der Waals surface area contributed by atoms with E-state index in [1.807, 2.05) is 23.9 Å². The molecule has 1 heterocycles. The van der Waals surface area contributed by atoms with Crippen LogP contribution in [0.5, 0.6) is 0 Å². The molecule has 0 fully saturated rings. The lowest BCUT2D eigenvalue weighted by Crippen LogP contribution is -1.95. The summed E-state index contributed by atoms with van der Waals surface area (Å²) >= 11 is 1.86. The van der Waals surface area contributed by atoms with Crippen molar-refractivity contribution in [1.82, 2.24) is 0 Å². The molecule has 7 aromatic carbocycles. The number of benzene rings is 7. The number of halogens is 1. The maximum Gasteiger partial charge on any atom is 0.123 e. The van der Waals surface area contributed by atoms with Gasteiger partial charge in [0.05, 0.1) is 0 Å². The zero-order chi connectivity index (χ0) is 25.2. The van der Waals surface area contributed by atoms with Gasteiger partial charge in [0.15, 0.2) is 0 Å². The van der Waals surface area contributed by atoms with Crippen molar-refractivity contribution in [2.45, 2.75) is 9.79 Å². The topological polar surface area (TPSA) is 0 Å². The van der Waals surface area contributed by atoms with Crippen molar-refractivity contribution in [2.24, 2.45) is 0 Å². The van der Waals surface area contributed by atoms with Gasteiger partial charge in [-0.3, -0.25) is 0 Å². The van der Waals surface area contributed by atoms with Crippen LogP contribution in [0.15, 0.2) is 137 Å². The first-order chi connectivity index (χ1) is 18.8. The molecular formula is C36H21FS. The summed E-state index contributed by atoms with van der Waals surface area (Å²) in [6.45, 7) is 0. The van der Waals surface area contributed by atoms with Gasteiger partial charge in [0.1, 0.15) is 5.82 Å². The second-order valence-corrected chi connectivity index (χ2v) is 10.9. The molecule has 0 radical (unpaired) electrons. The zero-order valence-corrected chi connectivity index (χ0v) is 21.2. The maximum atomic E-state index is 13.9. The van der Waals surface area contributed by atoms with Gasteiger partial charge in [-0.2, -0.15) is 0 Å². The molecule has 178 valence electrons. The van der Waals surface area contributed by atoms with Gasteiger partial charge in [-0.05, 0) is 84.6 Å². The average Bonchev–Trinajstić information content (AvgIpc) is 2.97. The number of fused-ring (bicyclic) bond motifs is 4. The molecule has 0 spiro atoms. The minimum absolute atomic E-state index is 0.220. The summed E-state index contributed by atoms with van der Waals surface area (Å²) in [5.74, 6) is -0.220. The summed E-state index contributed by atoms with van der Waals surface area (Å²) in [5.41, 5.74) is 7.25. The lowest BCUT2D eigenvalue weighted by atomic mass is 9.84. The van der Waals surface area contributed by atoms with Gasteiger partial charge >= 0.3 is 0 Å². The molecule has 7 aromatic rings. The first kappa shape index (κ1) is 21.7. The molecule has 0 aliphatic carbocycles. The molecule has 1 aliphatic heterocycles. The van der Waals surface area contributed by atoms with Gasteiger partial charge in [-0.15, -0.1) is 0 Å². The summed E-state index contributed by atoms with van der Waals surface area (Å²) in [4.78, 5) is 2.61. The SMILES string of the molecule is Fc1ccc(-c2c3ccccc3c(-c3ccc4c5c(cccc35)-c3ccccc3S4)c3ccccc23)cc1. The van der Waals surface area contributed by atoms with Crippen LogP contribution in [0.25, 0.3) is 65.7 Å². The number of hydrogen-bond acceptors (Lipinski definition) is 1. The third-order valence-electron chi connectivity index (χ3n) is 7.73. The Morgan fingerprint density at radius 3 is 1.68 bits per heavy atom. The molecule has 0 amide bonds. The summed E-state index contributed by atoms with van der Waals surface area (Å²) in [5, 5.41) is 7.35. The monoisotopic (exact) mass is 504 g/mol. The fourth-order valence-corrected chi connectivity index (χ4v) is 7.27. The summed E-state index contributed by atoms with van der Waals surface area (Å²) in [6.07, 6.45) is 0. The molecular weight excluding hydrogens is 483 g/mol. The van der Waals surface area contributed by atoms with Crippen LogP contribution < -0.4 is 0 Å². The highest BCUT2D eigenvalue weighted by molar-refractivity contribution is 7.99. The van der Waals surface area contributed by atoms with E-state index in [1.165, 1.54) is 64.4 Å². The first-order valence-electron chi connectivity index (χ1n) is 12.8. The van der Waals surface area contributed by atoms with E-state index in [0.717, 1.165) is 11.1 Å². The lowest BCUT2D eigenvalue weighted by Gasteiger charge is -2.23. The molecule has 0 unspecified atom stereocenters. The Balaban J connectivity index is 1.51. The van der Waals surface area contributed by atoms with Gasteiger partial charge in [0.2, 0.25) is 0 Å². The second kappa shape index (κ2) is 8.31. The van der Waals surface area contributed by atoms with E-state index in [4.69, 9.17) is 0 Å². The molecule has 0 nitrogen and oxygen atoms in total. The molecule has 0 aromatic heterocycles. The highest BCUT2D eigenvalue weighted by Gasteiger charge is 2.23. The molecule has 8 rings (SSSR count). The van der Waals surface area contributed by atoms with Crippen LogP contribution in [0, 0.1) is 5.82 Å². The Morgan fingerprint density at radius 2 is 0.974 bits per heavy atom. The molecule has 0 N–H and O–H groups in total. The van der Waals surface area contributed by atoms with Crippen molar-refractivity contribution in [2.75, 3.05) is 0 Å². The van der Waals surface area contributed by atoms with Crippen molar-refractivity contribution in [3.8, 4) is 33.4 Å². The standard InChI is InChI=1S/C36H21FS/c37-23-18-16-22(17-19-23)34-26-9-1-3-11-28(26)35(29-12-4-2-10-27(29)34)31-20-21-33-36-25(13-7-14-30(31)36)24-8-5-6-15-32(24)38-33/h1-21H. The molecule has 38 heavy (non-hydrogen) atoms. The van der Waals surface area contributed by atoms with Gasteiger partial charge in [-0.25, -0.2) is 4.39 Å². The number of rotatable bonds is 2. The van der Waals surface area contributed by atoms with Crippen LogP contribution in [0.1, 0.15) is 0 Å². The molecule has 1 aliphatic rings. The largest absolute Gasteiger partial charge is 0.207 e. The highest BCUT2D eigenvalue weighted by Crippen LogP contribution is 2.51. The number of hydrogen-bond donors (Lipinski definition) is 0. The third-order valence-corrected chi connectivity index (χ3v) is 8.87. The van der Waals surface area contributed by atoms with Crippen molar-refractivity contribution in [3.05, 3.63) is 133 Å². The van der Waals surface area contributed by atoms with Crippen LogP contribution in [-0.4, -0.2) is 0 Å². The van der Waals surface area contributed by atoms with Gasteiger partial charge in [0.25, 0.3) is 0 Å². The van der Waals surface area contributed by atoms with E-state index < -0.39 is 0 Å².